The van der Waals surface area contributed by atoms with Gasteiger partial charge < -0.3 is 5.11 Å². The van der Waals surface area contributed by atoms with Crippen molar-refractivity contribution in [2.45, 2.75) is 25.2 Å². The molecular formula is C16H19NO3S. The molecule has 112 valence electrons. The molecule has 0 saturated carbocycles. The summed E-state index contributed by atoms with van der Waals surface area (Å²) in [6.07, 6.45) is 0.519. The monoisotopic (exact) mass is 305 g/mol. The summed E-state index contributed by atoms with van der Waals surface area (Å²) < 4.78 is 27.3. The number of hydrogen-bond donors (Lipinski definition) is 2. The molecule has 2 aromatic rings. The minimum absolute atomic E-state index is 0.0485. The largest absolute Gasteiger partial charge is 0.396 e. The molecule has 0 aliphatic rings. The normalized spacial score (nSPS) is 11.4. The number of anilines is 1. The predicted octanol–water partition coefficient (Wildman–Crippen LogP) is 2.64. The quantitative estimate of drug-likeness (QED) is 0.892. The molecule has 0 bridgehead atoms. The second-order valence-corrected chi connectivity index (χ2v) is 6.72. The summed E-state index contributed by atoms with van der Waals surface area (Å²) in [5.74, 6) is 0. The summed E-state index contributed by atoms with van der Waals surface area (Å²) in [6.45, 7) is 3.88. The van der Waals surface area contributed by atoms with Crippen molar-refractivity contribution in [3.05, 3.63) is 59.2 Å². The van der Waals surface area contributed by atoms with Crippen LogP contribution in [0, 0.1) is 13.8 Å². The maximum Gasteiger partial charge on any atom is 0.261 e. The fourth-order valence-corrected chi connectivity index (χ4v) is 3.23. The molecule has 0 amide bonds. The summed E-state index contributed by atoms with van der Waals surface area (Å²) in [5, 5.41) is 8.87. The Kier molecular flexibility index (Phi) is 4.65. The number of nitrogens with one attached hydrogen (secondary N) is 1. The van der Waals surface area contributed by atoms with Gasteiger partial charge in [-0.2, -0.15) is 0 Å². The first-order valence-corrected chi connectivity index (χ1v) is 8.20. The topological polar surface area (TPSA) is 66.4 Å². The summed E-state index contributed by atoms with van der Waals surface area (Å²) >= 11 is 0. The van der Waals surface area contributed by atoms with E-state index in [1.165, 1.54) is 0 Å². The van der Waals surface area contributed by atoms with Crippen molar-refractivity contribution in [2.24, 2.45) is 0 Å². The van der Waals surface area contributed by atoms with Crippen molar-refractivity contribution in [3.63, 3.8) is 0 Å². The van der Waals surface area contributed by atoms with Crippen LogP contribution in [-0.4, -0.2) is 20.1 Å². The minimum Gasteiger partial charge on any atom is -0.396 e. The van der Waals surface area contributed by atoms with Gasteiger partial charge in [-0.3, -0.25) is 4.72 Å². The van der Waals surface area contributed by atoms with Crippen LogP contribution in [0.1, 0.15) is 16.7 Å². The van der Waals surface area contributed by atoms with E-state index in [0.717, 1.165) is 16.7 Å². The van der Waals surface area contributed by atoms with Gasteiger partial charge in [0.15, 0.2) is 0 Å². The van der Waals surface area contributed by atoms with E-state index in [4.69, 9.17) is 5.11 Å². The van der Waals surface area contributed by atoms with E-state index in [0.29, 0.717) is 12.1 Å². The number of aliphatic hydroxyl groups excluding tert-OH is 1. The van der Waals surface area contributed by atoms with Gasteiger partial charge in [0.2, 0.25) is 0 Å². The highest BCUT2D eigenvalue weighted by atomic mass is 32.2. The maximum atomic E-state index is 12.3. The lowest BCUT2D eigenvalue weighted by Crippen LogP contribution is -2.13. The van der Waals surface area contributed by atoms with E-state index in [1.54, 1.807) is 30.3 Å². The van der Waals surface area contributed by atoms with Crippen LogP contribution in [0.3, 0.4) is 0 Å². The van der Waals surface area contributed by atoms with Gasteiger partial charge in [-0.1, -0.05) is 29.8 Å². The van der Waals surface area contributed by atoms with Gasteiger partial charge in [0.05, 0.1) is 10.6 Å². The van der Waals surface area contributed by atoms with Gasteiger partial charge in [0.25, 0.3) is 10.0 Å². The number of aryl methyl sites for hydroxylation is 2. The van der Waals surface area contributed by atoms with Crippen molar-refractivity contribution >= 4 is 15.7 Å². The molecule has 0 aliphatic heterocycles. The zero-order valence-corrected chi connectivity index (χ0v) is 12.9. The molecule has 0 unspecified atom stereocenters. The van der Waals surface area contributed by atoms with Crippen molar-refractivity contribution in [1.82, 2.24) is 0 Å². The summed E-state index contributed by atoms with van der Waals surface area (Å²) in [5.41, 5.74) is 3.46. The molecule has 2 aromatic carbocycles. The van der Waals surface area contributed by atoms with Crippen LogP contribution in [0.2, 0.25) is 0 Å². The first kappa shape index (κ1) is 15.5. The Labute approximate surface area is 125 Å². The standard InChI is InChI=1S/C16H19NO3S/c1-12-3-8-16(13(2)11-12)17-21(19,20)15-6-4-14(5-7-15)9-10-18/h3-8,11,17-18H,9-10H2,1-2H3. The molecule has 2 N–H and O–H groups in total. The van der Waals surface area contributed by atoms with E-state index in [9.17, 15) is 8.42 Å². The van der Waals surface area contributed by atoms with Crippen molar-refractivity contribution in [2.75, 3.05) is 11.3 Å². The van der Waals surface area contributed by atoms with Gasteiger partial charge in [-0.25, -0.2) is 8.42 Å². The highest BCUT2D eigenvalue weighted by Gasteiger charge is 2.15. The third-order valence-corrected chi connectivity index (χ3v) is 4.64. The molecule has 0 saturated heterocycles. The lowest BCUT2D eigenvalue weighted by atomic mass is 10.1. The Balaban J connectivity index is 2.25. The van der Waals surface area contributed by atoms with Crippen LogP contribution in [0.4, 0.5) is 5.69 Å². The van der Waals surface area contributed by atoms with Crippen LogP contribution in [0.5, 0.6) is 0 Å². The van der Waals surface area contributed by atoms with Crippen LogP contribution < -0.4 is 4.72 Å². The van der Waals surface area contributed by atoms with E-state index in [1.807, 2.05) is 26.0 Å². The van der Waals surface area contributed by atoms with Gasteiger partial charge in [0, 0.05) is 6.61 Å². The Morgan fingerprint density at radius 1 is 1.05 bits per heavy atom. The fourth-order valence-electron chi connectivity index (χ4n) is 2.10. The Bertz CT molecular complexity index is 722. The average molecular weight is 305 g/mol. The number of aliphatic hydroxyl groups is 1. The summed E-state index contributed by atoms with van der Waals surface area (Å²) in [6, 6.07) is 12.1. The van der Waals surface area contributed by atoms with E-state index in [-0.39, 0.29) is 11.5 Å². The zero-order chi connectivity index (χ0) is 15.5. The number of sulfonamides is 1. The van der Waals surface area contributed by atoms with Crippen LogP contribution in [-0.2, 0) is 16.4 Å². The lowest BCUT2D eigenvalue weighted by Gasteiger charge is -2.11. The molecule has 0 radical (unpaired) electrons. The van der Waals surface area contributed by atoms with E-state index in [2.05, 4.69) is 4.72 Å². The van der Waals surface area contributed by atoms with Gasteiger partial charge in [-0.15, -0.1) is 0 Å². The van der Waals surface area contributed by atoms with Crippen LogP contribution in [0.25, 0.3) is 0 Å². The Morgan fingerprint density at radius 2 is 1.71 bits per heavy atom. The second kappa shape index (κ2) is 6.28. The Morgan fingerprint density at radius 3 is 2.29 bits per heavy atom. The third-order valence-electron chi connectivity index (χ3n) is 3.26. The van der Waals surface area contributed by atoms with Gasteiger partial charge in [0.1, 0.15) is 0 Å². The first-order chi connectivity index (χ1) is 9.92. The zero-order valence-electron chi connectivity index (χ0n) is 12.1. The molecule has 5 heteroatoms. The molecule has 0 aliphatic carbocycles. The summed E-state index contributed by atoms with van der Waals surface area (Å²) in [4.78, 5) is 0.212. The Hall–Kier alpha value is -1.85. The first-order valence-electron chi connectivity index (χ1n) is 6.72. The van der Waals surface area contributed by atoms with E-state index >= 15 is 0 Å². The SMILES string of the molecule is Cc1ccc(NS(=O)(=O)c2ccc(CCO)cc2)c(C)c1. The smallest absolute Gasteiger partial charge is 0.261 e. The highest BCUT2D eigenvalue weighted by Crippen LogP contribution is 2.21. The van der Waals surface area contributed by atoms with Crippen molar-refractivity contribution in [3.8, 4) is 0 Å². The van der Waals surface area contributed by atoms with E-state index < -0.39 is 10.0 Å². The lowest BCUT2D eigenvalue weighted by molar-refractivity contribution is 0.299. The molecule has 0 atom stereocenters. The van der Waals surface area contributed by atoms with Crippen molar-refractivity contribution in [1.29, 1.82) is 0 Å². The number of benzene rings is 2. The fraction of sp³-hybridized carbons (Fsp3) is 0.250. The molecule has 21 heavy (non-hydrogen) atoms. The molecule has 0 fully saturated rings. The second-order valence-electron chi connectivity index (χ2n) is 5.04. The molecule has 2 rings (SSSR count). The van der Waals surface area contributed by atoms with Gasteiger partial charge >= 0.3 is 0 Å². The van der Waals surface area contributed by atoms with Crippen LogP contribution >= 0.6 is 0 Å². The number of hydrogen-bond acceptors (Lipinski definition) is 3. The molecule has 0 spiro atoms. The summed E-state index contributed by atoms with van der Waals surface area (Å²) in [7, 11) is -3.59. The minimum atomic E-state index is -3.59. The number of rotatable bonds is 5. The molecular weight excluding hydrogens is 286 g/mol. The molecule has 4 nitrogen and oxygen atoms in total. The molecule has 0 aromatic heterocycles. The van der Waals surface area contributed by atoms with Gasteiger partial charge in [-0.05, 0) is 49.6 Å². The van der Waals surface area contributed by atoms with Crippen LogP contribution in [0.15, 0.2) is 47.4 Å². The van der Waals surface area contributed by atoms with Crippen molar-refractivity contribution < 1.29 is 13.5 Å². The maximum absolute atomic E-state index is 12.3. The third kappa shape index (κ3) is 3.83. The average Bonchev–Trinajstić information content (AvgIpc) is 2.43. The predicted molar refractivity (Wildman–Crippen MR) is 84.0 cm³/mol. The highest BCUT2D eigenvalue weighted by molar-refractivity contribution is 7.92. The molecule has 0 heterocycles.